The van der Waals surface area contributed by atoms with Gasteiger partial charge in [-0.05, 0) is 38.0 Å². The van der Waals surface area contributed by atoms with E-state index in [2.05, 4.69) is 10.6 Å². The van der Waals surface area contributed by atoms with Crippen LogP contribution in [0.25, 0.3) is 0 Å². The first kappa shape index (κ1) is 16.2. The van der Waals surface area contributed by atoms with Crippen molar-refractivity contribution in [1.29, 1.82) is 0 Å². The number of carbonyl (C=O) groups excluding carboxylic acids is 1. The molecule has 4 heteroatoms. The second kappa shape index (κ2) is 8.28. The Hall–Kier alpha value is -1.22. The van der Waals surface area contributed by atoms with Gasteiger partial charge < -0.3 is 10.6 Å². The van der Waals surface area contributed by atoms with Gasteiger partial charge in [-0.2, -0.15) is 0 Å². The zero-order chi connectivity index (χ0) is 15.1. The zero-order valence-electron chi connectivity index (χ0n) is 12.8. The number of carbonyl (C=O) groups is 1. The third-order valence-corrected chi connectivity index (χ3v) is 4.27. The van der Waals surface area contributed by atoms with Gasteiger partial charge in [-0.15, -0.1) is 0 Å². The molecule has 1 aromatic carbocycles. The summed E-state index contributed by atoms with van der Waals surface area (Å²) in [5.41, 5.74) is 1.50. The minimum atomic E-state index is -0.0148. The fourth-order valence-corrected chi connectivity index (χ4v) is 3.08. The molecule has 0 aliphatic heterocycles. The van der Waals surface area contributed by atoms with E-state index in [1.165, 1.54) is 32.1 Å². The highest BCUT2D eigenvalue weighted by molar-refractivity contribution is 6.31. The number of nitrogens with one attached hydrogen (secondary N) is 2. The van der Waals surface area contributed by atoms with Crippen molar-refractivity contribution >= 4 is 23.2 Å². The maximum absolute atomic E-state index is 12.5. The third-order valence-electron chi connectivity index (χ3n) is 4.03. The van der Waals surface area contributed by atoms with Crippen LogP contribution in [0.15, 0.2) is 18.2 Å². The van der Waals surface area contributed by atoms with E-state index in [0.29, 0.717) is 16.6 Å². The van der Waals surface area contributed by atoms with Crippen LogP contribution in [0.3, 0.4) is 0 Å². The molecular weight excluding hydrogens is 284 g/mol. The van der Waals surface area contributed by atoms with E-state index in [1.807, 2.05) is 19.1 Å². The standard InChI is InChI=1S/C17H25ClN2O/c1-2-19-16-11-10-13(18)12-15(16)17(21)20-14-8-6-4-3-5-7-9-14/h10-12,14,19H,2-9H2,1H3,(H,20,21). The van der Waals surface area contributed by atoms with Crippen molar-refractivity contribution in [3.63, 3.8) is 0 Å². The number of rotatable bonds is 4. The highest BCUT2D eigenvalue weighted by Crippen LogP contribution is 2.22. The molecule has 0 atom stereocenters. The van der Waals surface area contributed by atoms with Crippen molar-refractivity contribution in [2.24, 2.45) is 0 Å². The summed E-state index contributed by atoms with van der Waals surface area (Å²) in [6.45, 7) is 2.80. The van der Waals surface area contributed by atoms with E-state index in [4.69, 9.17) is 11.6 Å². The van der Waals surface area contributed by atoms with Crippen LogP contribution in [0.4, 0.5) is 5.69 Å². The largest absolute Gasteiger partial charge is 0.385 e. The van der Waals surface area contributed by atoms with E-state index in [1.54, 1.807) is 6.07 Å². The molecule has 1 aliphatic rings. The quantitative estimate of drug-likeness (QED) is 0.852. The number of anilines is 1. The average Bonchev–Trinajstić information content (AvgIpc) is 2.43. The minimum Gasteiger partial charge on any atom is -0.385 e. The van der Waals surface area contributed by atoms with E-state index in [-0.39, 0.29) is 5.91 Å². The van der Waals surface area contributed by atoms with Gasteiger partial charge in [0.25, 0.3) is 5.91 Å². The Morgan fingerprint density at radius 3 is 2.52 bits per heavy atom. The van der Waals surface area contributed by atoms with Crippen molar-refractivity contribution in [1.82, 2.24) is 5.32 Å². The molecule has 2 rings (SSSR count). The lowest BCUT2D eigenvalue weighted by molar-refractivity contribution is 0.0931. The van der Waals surface area contributed by atoms with Crippen LogP contribution in [-0.2, 0) is 0 Å². The number of halogens is 1. The number of benzene rings is 1. The lowest BCUT2D eigenvalue weighted by Gasteiger charge is -2.22. The molecule has 0 unspecified atom stereocenters. The molecule has 1 aliphatic carbocycles. The summed E-state index contributed by atoms with van der Waals surface area (Å²) in [6.07, 6.45) is 8.49. The maximum Gasteiger partial charge on any atom is 0.253 e. The topological polar surface area (TPSA) is 41.1 Å². The van der Waals surface area contributed by atoms with Crippen molar-refractivity contribution in [2.75, 3.05) is 11.9 Å². The van der Waals surface area contributed by atoms with Crippen LogP contribution in [0.1, 0.15) is 62.2 Å². The van der Waals surface area contributed by atoms with Crippen molar-refractivity contribution in [3.8, 4) is 0 Å². The first-order chi connectivity index (χ1) is 10.2. The van der Waals surface area contributed by atoms with E-state index in [9.17, 15) is 4.79 Å². The lowest BCUT2D eigenvalue weighted by atomic mass is 9.96. The lowest BCUT2D eigenvalue weighted by Crippen LogP contribution is -2.35. The van der Waals surface area contributed by atoms with Gasteiger partial charge in [0.2, 0.25) is 0 Å². The molecule has 2 N–H and O–H groups in total. The SMILES string of the molecule is CCNc1ccc(Cl)cc1C(=O)NC1CCCCCCC1. The number of hydrogen-bond donors (Lipinski definition) is 2. The van der Waals surface area contributed by atoms with Crippen molar-refractivity contribution in [2.45, 2.75) is 57.9 Å². The summed E-state index contributed by atoms with van der Waals surface area (Å²) in [5.74, 6) is -0.0148. The van der Waals surface area contributed by atoms with Gasteiger partial charge >= 0.3 is 0 Å². The molecule has 3 nitrogen and oxygen atoms in total. The Labute approximate surface area is 132 Å². The van der Waals surface area contributed by atoms with E-state index >= 15 is 0 Å². The normalized spacial score (nSPS) is 16.9. The van der Waals surface area contributed by atoms with Crippen LogP contribution < -0.4 is 10.6 Å². The van der Waals surface area contributed by atoms with E-state index < -0.39 is 0 Å². The summed E-state index contributed by atoms with van der Waals surface area (Å²) >= 11 is 6.04. The molecule has 1 saturated carbocycles. The van der Waals surface area contributed by atoms with Crippen molar-refractivity contribution in [3.05, 3.63) is 28.8 Å². The van der Waals surface area contributed by atoms with Crippen molar-refractivity contribution < 1.29 is 4.79 Å². The summed E-state index contributed by atoms with van der Waals surface area (Å²) in [4.78, 5) is 12.5. The molecule has 0 spiro atoms. The molecule has 116 valence electrons. The second-order valence-corrected chi connectivity index (χ2v) is 6.17. The van der Waals surface area contributed by atoms with Crippen LogP contribution in [0.2, 0.25) is 5.02 Å². The van der Waals surface area contributed by atoms with E-state index in [0.717, 1.165) is 25.1 Å². The monoisotopic (exact) mass is 308 g/mol. The smallest absolute Gasteiger partial charge is 0.253 e. The van der Waals surface area contributed by atoms with Gasteiger partial charge in [-0.25, -0.2) is 0 Å². The molecular formula is C17H25ClN2O. The van der Waals surface area contributed by atoms with Crippen LogP contribution >= 0.6 is 11.6 Å². The molecule has 0 aromatic heterocycles. The Bertz CT molecular complexity index is 468. The molecule has 0 saturated heterocycles. The second-order valence-electron chi connectivity index (χ2n) is 5.74. The Morgan fingerprint density at radius 2 is 1.86 bits per heavy atom. The fraction of sp³-hybridized carbons (Fsp3) is 0.588. The highest BCUT2D eigenvalue weighted by Gasteiger charge is 2.17. The van der Waals surface area contributed by atoms with Gasteiger partial charge in [-0.1, -0.05) is 43.7 Å². The van der Waals surface area contributed by atoms with Gasteiger partial charge in [0.05, 0.1) is 5.56 Å². The van der Waals surface area contributed by atoms with Gasteiger partial charge in [0.15, 0.2) is 0 Å². The molecule has 0 bridgehead atoms. The zero-order valence-corrected chi connectivity index (χ0v) is 13.5. The van der Waals surface area contributed by atoms with Crippen LogP contribution in [0.5, 0.6) is 0 Å². The van der Waals surface area contributed by atoms with Crippen LogP contribution in [-0.4, -0.2) is 18.5 Å². The summed E-state index contributed by atoms with van der Waals surface area (Å²) < 4.78 is 0. The van der Waals surface area contributed by atoms with Gasteiger partial charge in [0.1, 0.15) is 0 Å². The maximum atomic E-state index is 12.5. The third kappa shape index (κ3) is 4.92. The first-order valence-corrected chi connectivity index (χ1v) is 8.42. The molecule has 0 radical (unpaired) electrons. The Morgan fingerprint density at radius 1 is 1.19 bits per heavy atom. The predicted octanol–water partition coefficient (Wildman–Crippen LogP) is 4.61. The van der Waals surface area contributed by atoms with Crippen LogP contribution in [0, 0.1) is 0 Å². The Kier molecular flexibility index (Phi) is 6.37. The fourth-order valence-electron chi connectivity index (χ4n) is 2.91. The summed E-state index contributed by atoms with van der Waals surface area (Å²) in [5, 5.41) is 7.01. The summed E-state index contributed by atoms with van der Waals surface area (Å²) in [7, 11) is 0. The first-order valence-electron chi connectivity index (χ1n) is 8.05. The average molecular weight is 309 g/mol. The minimum absolute atomic E-state index is 0.0148. The molecule has 21 heavy (non-hydrogen) atoms. The van der Waals surface area contributed by atoms with Gasteiger partial charge in [-0.3, -0.25) is 4.79 Å². The Balaban J connectivity index is 2.06. The molecule has 1 amide bonds. The molecule has 1 fully saturated rings. The summed E-state index contributed by atoms with van der Waals surface area (Å²) in [6, 6.07) is 5.73. The molecule has 0 heterocycles. The number of hydrogen-bond acceptors (Lipinski definition) is 2. The highest BCUT2D eigenvalue weighted by atomic mass is 35.5. The van der Waals surface area contributed by atoms with Gasteiger partial charge in [0, 0.05) is 23.3 Å². The molecule has 1 aromatic rings. The predicted molar refractivity (Wildman–Crippen MR) is 89.2 cm³/mol. The number of amides is 1.